The zero-order chi connectivity index (χ0) is 12.4. The predicted molar refractivity (Wildman–Crippen MR) is 71.4 cm³/mol. The van der Waals surface area contributed by atoms with E-state index in [0.717, 1.165) is 16.7 Å². The molecule has 2 heteroatoms. The highest BCUT2D eigenvalue weighted by Crippen LogP contribution is 2.30. The van der Waals surface area contributed by atoms with Gasteiger partial charge in [-0.15, -0.1) is 11.6 Å². The van der Waals surface area contributed by atoms with E-state index in [4.69, 9.17) is 11.6 Å². The molecular formula is C15H15ClO. The van der Waals surface area contributed by atoms with Crippen molar-refractivity contribution in [2.45, 2.75) is 19.2 Å². The van der Waals surface area contributed by atoms with Crippen molar-refractivity contribution >= 4 is 17.4 Å². The lowest BCUT2D eigenvalue weighted by atomic mass is 9.91. The molecule has 2 rings (SSSR count). The molecule has 17 heavy (non-hydrogen) atoms. The molecule has 0 heterocycles. The first-order chi connectivity index (χ1) is 8.09. The Hall–Kier alpha value is -1.34. The van der Waals surface area contributed by atoms with Gasteiger partial charge in [0.15, 0.2) is 5.78 Å². The molecule has 1 aromatic carbocycles. The van der Waals surface area contributed by atoms with E-state index in [9.17, 15) is 4.79 Å². The van der Waals surface area contributed by atoms with Gasteiger partial charge in [0.1, 0.15) is 0 Å². The first-order valence-electron chi connectivity index (χ1n) is 5.73. The monoisotopic (exact) mass is 246 g/mol. The molecule has 0 aromatic heterocycles. The van der Waals surface area contributed by atoms with Gasteiger partial charge in [0.2, 0.25) is 0 Å². The van der Waals surface area contributed by atoms with Gasteiger partial charge in [-0.05, 0) is 12.5 Å². The largest absolute Gasteiger partial charge is 0.294 e. The van der Waals surface area contributed by atoms with Crippen molar-refractivity contribution < 1.29 is 4.79 Å². The van der Waals surface area contributed by atoms with Crippen molar-refractivity contribution in [2.24, 2.45) is 5.92 Å². The van der Waals surface area contributed by atoms with Crippen LogP contribution in [-0.4, -0.2) is 11.2 Å². The standard InChI is InChI=1S/C15H15ClO/c1-10-8-13(14(16)9-10)11(2)15(17)12-6-4-3-5-7-12/h3-9,11,14H,1-2H3. The summed E-state index contributed by atoms with van der Waals surface area (Å²) in [5.41, 5.74) is 2.88. The van der Waals surface area contributed by atoms with Gasteiger partial charge in [0.05, 0.1) is 5.38 Å². The molecule has 0 amide bonds. The van der Waals surface area contributed by atoms with E-state index in [1.165, 1.54) is 0 Å². The minimum absolute atomic E-state index is 0.130. The quantitative estimate of drug-likeness (QED) is 0.582. The number of rotatable bonds is 3. The van der Waals surface area contributed by atoms with Crippen LogP contribution in [0, 0.1) is 5.92 Å². The Morgan fingerprint density at radius 2 is 1.94 bits per heavy atom. The summed E-state index contributed by atoms with van der Waals surface area (Å²) in [6, 6.07) is 9.36. The molecule has 0 aliphatic heterocycles. The molecule has 0 spiro atoms. The third-order valence-electron chi connectivity index (χ3n) is 3.07. The second-order valence-electron chi connectivity index (χ2n) is 4.41. The van der Waals surface area contributed by atoms with Crippen molar-refractivity contribution in [2.75, 3.05) is 0 Å². The van der Waals surface area contributed by atoms with Crippen molar-refractivity contribution in [3.63, 3.8) is 0 Å². The second-order valence-corrected chi connectivity index (χ2v) is 4.88. The molecule has 1 nitrogen and oxygen atoms in total. The lowest BCUT2D eigenvalue weighted by Gasteiger charge is -2.14. The summed E-state index contributed by atoms with van der Waals surface area (Å²) in [6.45, 7) is 3.92. The number of carbonyl (C=O) groups excluding carboxylic acids is 1. The summed E-state index contributed by atoms with van der Waals surface area (Å²) in [4.78, 5) is 12.3. The number of halogens is 1. The summed E-state index contributed by atoms with van der Waals surface area (Å²) in [7, 11) is 0. The first kappa shape index (κ1) is 12.1. The van der Waals surface area contributed by atoms with E-state index < -0.39 is 0 Å². The number of ketones is 1. The fourth-order valence-electron chi connectivity index (χ4n) is 2.09. The van der Waals surface area contributed by atoms with Crippen molar-refractivity contribution in [3.05, 3.63) is 59.2 Å². The van der Waals surface area contributed by atoms with E-state index in [1.807, 2.05) is 56.3 Å². The van der Waals surface area contributed by atoms with E-state index in [-0.39, 0.29) is 17.1 Å². The van der Waals surface area contributed by atoms with Crippen molar-refractivity contribution in [3.8, 4) is 0 Å². The molecule has 0 radical (unpaired) electrons. The molecule has 2 atom stereocenters. The zero-order valence-corrected chi connectivity index (χ0v) is 10.7. The normalized spacial score (nSPS) is 20.8. The lowest BCUT2D eigenvalue weighted by Crippen LogP contribution is -2.17. The number of benzene rings is 1. The molecule has 0 bridgehead atoms. The van der Waals surface area contributed by atoms with Crippen LogP contribution in [0.1, 0.15) is 24.2 Å². The number of Topliss-reactive ketones (excluding diaryl/α,β-unsaturated/α-hetero) is 1. The fraction of sp³-hybridized carbons (Fsp3) is 0.267. The average Bonchev–Trinajstić information content (AvgIpc) is 2.68. The molecule has 0 saturated carbocycles. The van der Waals surface area contributed by atoms with Crippen LogP contribution in [-0.2, 0) is 0 Å². The minimum Gasteiger partial charge on any atom is -0.294 e. The van der Waals surface area contributed by atoms with Gasteiger partial charge in [-0.3, -0.25) is 4.79 Å². The maximum atomic E-state index is 12.3. The highest BCUT2D eigenvalue weighted by atomic mass is 35.5. The molecule has 1 aromatic rings. The minimum atomic E-state index is -0.159. The van der Waals surface area contributed by atoms with E-state index in [2.05, 4.69) is 0 Å². The molecule has 1 aliphatic carbocycles. The Kier molecular flexibility index (Phi) is 3.49. The van der Waals surface area contributed by atoms with Crippen molar-refractivity contribution in [1.29, 1.82) is 0 Å². The summed E-state index contributed by atoms with van der Waals surface area (Å²) in [5.74, 6) is -0.0285. The lowest BCUT2D eigenvalue weighted by molar-refractivity contribution is 0.0947. The van der Waals surface area contributed by atoms with Gasteiger partial charge < -0.3 is 0 Å². The van der Waals surface area contributed by atoms with Crippen LogP contribution >= 0.6 is 11.6 Å². The third kappa shape index (κ3) is 2.50. The molecular weight excluding hydrogens is 232 g/mol. The first-order valence-corrected chi connectivity index (χ1v) is 6.16. The van der Waals surface area contributed by atoms with E-state index in [0.29, 0.717) is 0 Å². The predicted octanol–water partition coefficient (Wildman–Crippen LogP) is 4.00. The number of hydrogen-bond donors (Lipinski definition) is 0. The molecule has 0 saturated heterocycles. The van der Waals surface area contributed by atoms with E-state index >= 15 is 0 Å². The Morgan fingerprint density at radius 3 is 2.47 bits per heavy atom. The molecule has 0 N–H and O–H groups in total. The Labute approximate surface area is 107 Å². The SMILES string of the molecule is CC1=CC(Cl)C(C(C)C(=O)c2ccccc2)=C1. The molecule has 0 fully saturated rings. The van der Waals surface area contributed by atoms with Gasteiger partial charge in [0.25, 0.3) is 0 Å². The highest BCUT2D eigenvalue weighted by molar-refractivity contribution is 6.24. The van der Waals surface area contributed by atoms with Crippen LogP contribution in [0.15, 0.2) is 53.6 Å². The van der Waals surface area contributed by atoms with Gasteiger partial charge in [-0.1, -0.05) is 55.0 Å². The topological polar surface area (TPSA) is 17.1 Å². The average molecular weight is 247 g/mol. The smallest absolute Gasteiger partial charge is 0.169 e. The zero-order valence-electron chi connectivity index (χ0n) is 9.98. The van der Waals surface area contributed by atoms with Crippen molar-refractivity contribution in [1.82, 2.24) is 0 Å². The summed E-state index contributed by atoms with van der Waals surface area (Å²) < 4.78 is 0. The summed E-state index contributed by atoms with van der Waals surface area (Å²) in [5, 5.41) is -0.141. The maximum Gasteiger partial charge on any atom is 0.169 e. The van der Waals surface area contributed by atoms with Crippen LogP contribution in [0.2, 0.25) is 0 Å². The molecule has 1 aliphatic rings. The van der Waals surface area contributed by atoms with Crippen LogP contribution in [0.5, 0.6) is 0 Å². The number of allylic oxidation sites excluding steroid dienone is 4. The molecule has 2 unspecified atom stereocenters. The van der Waals surface area contributed by atoms with Crippen LogP contribution in [0.3, 0.4) is 0 Å². The summed E-state index contributed by atoms with van der Waals surface area (Å²) >= 11 is 6.20. The molecule has 88 valence electrons. The number of carbonyl (C=O) groups is 1. The van der Waals surface area contributed by atoms with Gasteiger partial charge >= 0.3 is 0 Å². The van der Waals surface area contributed by atoms with Crippen LogP contribution in [0.4, 0.5) is 0 Å². The van der Waals surface area contributed by atoms with Gasteiger partial charge in [-0.25, -0.2) is 0 Å². The highest BCUT2D eigenvalue weighted by Gasteiger charge is 2.25. The Morgan fingerprint density at radius 1 is 1.29 bits per heavy atom. The third-order valence-corrected chi connectivity index (χ3v) is 3.45. The fourth-order valence-corrected chi connectivity index (χ4v) is 2.54. The summed E-state index contributed by atoms with van der Waals surface area (Å²) in [6.07, 6.45) is 3.99. The number of alkyl halides is 1. The maximum absolute atomic E-state index is 12.3. The van der Waals surface area contributed by atoms with Gasteiger partial charge in [-0.2, -0.15) is 0 Å². The Bertz CT molecular complexity index is 485. The van der Waals surface area contributed by atoms with E-state index in [1.54, 1.807) is 0 Å². The Balaban J connectivity index is 2.20. The van der Waals surface area contributed by atoms with Gasteiger partial charge in [0, 0.05) is 11.5 Å². The number of hydrogen-bond acceptors (Lipinski definition) is 1. The second kappa shape index (κ2) is 4.89. The van der Waals surface area contributed by atoms with Crippen LogP contribution < -0.4 is 0 Å². The van der Waals surface area contributed by atoms with Crippen LogP contribution in [0.25, 0.3) is 0 Å².